The van der Waals surface area contributed by atoms with E-state index in [0.29, 0.717) is 6.42 Å². The van der Waals surface area contributed by atoms with Crippen LogP contribution in [0, 0.1) is 5.82 Å². The molecular weight excluding hydrogens is 255 g/mol. The molecule has 0 spiro atoms. The first-order valence-electron chi connectivity index (χ1n) is 5.65. The number of halogens is 1. The Labute approximate surface area is 109 Å². The second-order valence-corrected chi connectivity index (χ2v) is 3.85. The maximum absolute atomic E-state index is 12.6. The van der Waals surface area contributed by atoms with E-state index in [0.717, 1.165) is 5.56 Å². The van der Waals surface area contributed by atoms with Crippen LogP contribution in [0.1, 0.15) is 5.56 Å². The number of aliphatic carboxylic acids is 1. The fourth-order valence-electron chi connectivity index (χ4n) is 1.37. The first-order chi connectivity index (χ1) is 9.02. The van der Waals surface area contributed by atoms with Gasteiger partial charge in [-0.3, -0.25) is 0 Å². The van der Waals surface area contributed by atoms with E-state index in [1.807, 2.05) is 0 Å². The predicted molar refractivity (Wildman–Crippen MR) is 65.1 cm³/mol. The third kappa shape index (κ3) is 5.35. The summed E-state index contributed by atoms with van der Waals surface area (Å²) in [4.78, 5) is 21.9. The second kappa shape index (κ2) is 7.32. The first-order valence-corrected chi connectivity index (χ1v) is 5.65. The highest BCUT2D eigenvalue weighted by molar-refractivity contribution is 5.82. The van der Waals surface area contributed by atoms with Gasteiger partial charge in [-0.25, -0.2) is 14.0 Å². The Bertz CT molecular complexity index is 436. The van der Waals surface area contributed by atoms with Crippen molar-refractivity contribution >= 4 is 12.0 Å². The topological polar surface area (TPSA) is 98.7 Å². The Morgan fingerprint density at radius 3 is 2.42 bits per heavy atom. The number of carboxylic acid groups (broad SMARTS) is 1. The fraction of sp³-hybridized carbons (Fsp3) is 0.333. The molecule has 2 amide bonds. The summed E-state index contributed by atoms with van der Waals surface area (Å²) in [6, 6.07) is 3.84. The van der Waals surface area contributed by atoms with Gasteiger partial charge in [0.2, 0.25) is 0 Å². The summed E-state index contributed by atoms with van der Waals surface area (Å²) in [5, 5.41) is 21.9. The number of carboxylic acids is 1. The molecule has 1 aromatic rings. The number of rotatable bonds is 6. The van der Waals surface area contributed by atoms with E-state index in [1.54, 1.807) is 12.1 Å². The molecule has 0 heterocycles. The van der Waals surface area contributed by atoms with Crippen LogP contribution in [0.3, 0.4) is 0 Å². The molecule has 19 heavy (non-hydrogen) atoms. The monoisotopic (exact) mass is 270 g/mol. The van der Waals surface area contributed by atoms with E-state index in [9.17, 15) is 14.0 Å². The lowest BCUT2D eigenvalue weighted by atomic mass is 10.1. The van der Waals surface area contributed by atoms with Crippen molar-refractivity contribution in [3.8, 4) is 0 Å². The molecule has 1 unspecified atom stereocenters. The minimum Gasteiger partial charge on any atom is -0.480 e. The summed E-state index contributed by atoms with van der Waals surface area (Å²) in [7, 11) is 0. The first kappa shape index (κ1) is 14.9. The van der Waals surface area contributed by atoms with Crippen LogP contribution in [0.4, 0.5) is 9.18 Å². The number of carbonyl (C=O) groups excluding carboxylic acids is 1. The molecule has 1 rings (SSSR count). The molecule has 4 N–H and O–H groups in total. The van der Waals surface area contributed by atoms with Crippen molar-refractivity contribution in [2.24, 2.45) is 0 Å². The smallest absolute Gasteiger partial charge is 0.328 e. The largest absolute Gasteiger partial charge is 0.480 e. The lowest BCUT2D eigenvalue weighted by Gasteiger charge is -2.12. The molecule has 0 aromatic heterocycles. The Morgan fingerprint density at radius 2 is 1.89 bits per heavy atom. The number of aliphatic hydroxyl groups excluding tert-OH is 1. The predicted octanol–water partition coefficient (Wildman–Crippen LogP) is 0.113. The lowest BCUT2D eigenvalue weighted by Crippen LogP contribution is -2.48. The van der Waals surface area contributed by atoms with Crippen molar-refractivity contribution in [3.05, 3.63) is 35.6 Å². The van der Waals surface area contributed by atoms with E-state index in [4.69, 9.17) is 10.2 Å². The van der Waals surface area contributed by atoms with Gasteiger partial charge in [-0.05, 0) is 24.1 Å². The van der Waals surface area contributed by atoms with Gasteiger partial charge in [-0.2, -0.15) is 0 Å². The number of hydrogen-bond acceptors (Lipinski definition) is 3. The van der Waals surface area contributed by atoms with Crippen molar-refractivity contribution in [1.82, 2.24) is 10.6 Å². The summed E-state index contributed by atoms with van der Waals surface area (Å²) in [6.07, 6.45) is 0.491. The SMILES string of the molecule is O=C(NCCc1ccc(F)cc1)NC(CO)C(=O)O. The van der Waals surface area contributed by atoms with E-state index >= 15 is 0 Å². The van der Waals surface area contributed by atoms with Gasteiger partial charge in [0, 0.05) is 6.54 Å². The minimum absolute atomic E-state index is 0.273. The highest BCUT2D eigenvalue weighted by Crippen LogP contribution is 2.02. The van der Waals surface area contributed by atoms with Crippen molar-refractivity contribution in [2.45, 2.75) is 12.5 Å². The van der Waals surface area contributed by atoms with Gasteiger partial charge < -0.3 is 20.8 Å². The highest BCUT2D eigenvalue weighted by Gasteiger charge is 2.17. The third-order valence-electron chi connectivity index (χ3n) is 2.40. The van der Waals surface area contributed by atoms with Crippen LogP contribution in [-0.2, 0) is 11.2 Å². The number of hydrogen-bond donors (Lipinski definition) is 4. The standard InChI is InChI=1S/C12H15FN2O4/c13-9-3-1-8(2-4-9)5-6-14-12(19)15-10(7-16)11(17)18/h1-4,10,16H,5-7H2,(H,17,18)(H2,14,15,19). The van der Waals surface area contributed by atoms with Crippen LogP contribution in [0.25, 0.3) is 0 Å². The molecule has 0 fully saturated rings. The van der Waals surface area contributed by atoms with Crippen LogP contribution in [0.2, 0.25) is 0 Å². The number of nitrogens with one attached hydrogen (secondary N) is 2. The molecule has 0 saturated carbocycles. The van der Waals surface area contributed by atoms with Gasteiger partial charge in [0.1, 0.15) is 5.82 Å². The van der Waals surface area contributed by atoms with Crippen molar-refractivity contribution in [1.29, 1.82) is 0 Å². The van der Waals surface area contributed by atoms with E-state index in [-0.39, 0.29) is 12.4 Å². The Morgan fingerprint density at radius 1 is 1.26 bits per heavy atom. The molecule has 0 saturated heterocycles. The molecule has 0 aliphatic rings. The molecule has 0 bridgehead atoms. The van der Waals surface area contributed by atoms with Gasteiger partial charge in [0.05, 0.1) is 6.61 Å². The number of amides is 2. The van der Waals surface area contributed by atoms with Crippen LogP contribution >= 0.6 is 0 Å². The zero-order chi connectivity index (χ0) is 14.3. The van der Waals surface area contributed by atoms with Gasteiger partial charge in [0.15, 0.2) is 6.04 Å². The molecule has 7 heteroatoms. The summed E-state index contributed by atoms with van der Waals surface area (Å²) in [5.41, 5.74) is 0.846. The highest BCUT2D eigenvalue weighted by atomic mass is 19.1. The molecule has 0 radical (unpaired) electrons. The number of benzene rings is 1. The van der Waals surface area contributed by atoms with Crippen molar-refractivity contribution < 1.29 is 24.2 Å². The number of carbonyl (C=O) groups is 2. The normalized spacial score (nSPS) is 11.7. The second-order valence-electron chi connectivity index (χ2n) is 3.85. The summed E-state index contributed by atoms with van der Waals surface area (Å²) < 4.78 is 12.6. The van der Waals surface area contributed by atoms with Crippen LogP contribution in [0.5, 0.6) is 0 Å². The zero-order valence-electron chi connectivity index (χ0n) is 10.1. The molecule has 104 valence electrons. The molecule has 1 atom stereocenters. The lowest BCUT2D eigenvalue weighted by molar-refractivity contribution is -0.140. The van der Waals surface area contributed by atoms with Gasteiger partial charge in [-0.1, -0.05) is 12.1 Å². The van der Waals surface area contributed by atoms with E-state index in [2.05, 4.69) is 10.6 Å². The minimum atomic E-state index is -1.33. The van der Waals surface area contributed by atoms with Crippen LogP contribution in [-0.4, -0.2) is 41.4 Å². The summed E-state index contributed by atoms with van der Waals surface area (Å²) in [5.74, 6) is -1.64. The maximum Gasteiger partial charge on any atom is 0.328 e. The Kier molecular flexibility index (Phi) is 5.74. The van der Waals surface area contributed by atoms with Crippen molar-refractivity contribution in [3.63, 3.8) is 0 Å². The fourth-order valence-corrected chi connectivity index (χ4v) is 1.37. The van der Waals surface area contributed by atoms with E-state index < -0.39 is 24.6 Å². The average Bonchev–Trinajstić information content (AvgIpc) is 2.38. The molecule has 6 nitrogen and oxygen atoms in total. The molecular formula is C12H15FN2O4. The zero-order valence-corrected chi connectivity index (χ0v) is 10.1. The third-order valence-corrected chi connectivity index (χ3v) is 2.40. The summed E-state index contributed by atoms with van der Waals surface area (Å²) in [6.45, 7) is -0.407. The van der Waals surface area contributed by atoms with Crippen LogP contribution < -0.4 is 10.6 Å². The van der Waals surface area contributed by atoms with Gasteiger partial charge in [-0.15, -0.1) is 0 Å². The van der Waals surface area contributed by atoms with Gasteiger partial charge in [0.25, 0.3) is 0 Å². The maximum atomic E-state index is 12.6. The average molecular weight is 270 g/mol. The van der Waals surface area contributed by atoms with Crippen molar-refractivity contribution in [2.75, 3.05) is 13.2 Å². The quantitative estimate of drug-likeness (QED) is 0.589. The van der Waals surface area contributed by atoms with Crippen LogP contribution in [0.15, 0.2) is 24.3 Å². The Hall–Kier alpha value is -2.15. The Balaban J connectivity index is 2.30. The number of urea groups is 1. The summed E-state index contributed by atoms with van der Waals surface area (Å²) >= 11 is 0. The molecule has 0 aliphatic heterocycles. The molecule has 0 aliphatic carbocycles. The van der Waals surface area contributed by atoms with Gasteiger partial charge >= 0.3 is 12.0 Å². The molecule has 1 aromatic carbocycles. The number of aliphatic hydroxyl groups is 1. The van der Waals surface area contributed by atoms with E-state index in [1.165, 1.54) is 12.1 Å².